The second-order valence-corrected chi connectivity index (χ2v) is 18.5. The maximum Gasteiger partial charge on any atom is 0.0713 e. The Morgan fingerprint density at radius 2 is 1.04 bits per heavy atom. The fourth-order valence-corrected chi connectivity index (χ4v) is 10.3. The lowest BCUT2D eigenvalue weighted by atomic mass is 9.67. The Kier molecular flexibility index (Phi) is 13.7. The van der Waals surface area contributed by atoms with Gasteiger partial charge >= 0.3 is 0 Å². The lowest BCUT2D eigenvalue weighted by Gasteiger charge is -2.34. The van der Waals surface area contributed by atoms with Gasteiger partial charge in [-0.15, -0.1) is 0 Å². The van der Waals surface area contributed by atoms with Crippen molar-refractivity contribution < 1.29 is 0 Å². The largest absolute Gasteiger partial charge is 0.0713 e. The predicted molar refractivity (Wildman–Crippen MR) is 288 cm³/mol. The van der Waals surface area contributed by atoms with E-state index in [4.69, 9.17) is 0 Å². The van der Waals surface area contributed by atoms with Gasteiger partial charge in [0.15, 0.2) is 0 Å². The average molecular weight is 867 g/mol. The second kappa shape index (κ2) is 20.5. The standard InChI is InChI=1S/C29H26.C27H26.C11H10/c1-3-21(2)22-18-19-28-26(20-22)25-16-10-11-17-27(25)29(28,23-12-6-4-7-13-23)24-14-8-5-9-15-24;1-20-11-15-23(16-12-20)24-17-13-22(14-18-24)19-25-8-4-6-10-27(25)26-9-5-3-7-21(26)2;1-9-5-4-7-10-6-2-3-8-11(9)10/h4-21H,3H2,1-2H3;3-13,15-17H,14,18-19H2,1-2H3;2-8H,1H3. The Morgan fingerprint density at radius 1 is 0.463 bits per heavy atom. The molecule has 2 aliphatic carbocycles. The molecule has 0 heterocycles. The first kappa shape index (κ1) is 44.9. The molecule has 0 spiro atoms. The topological polar surface area (TPSA) is 0 Å². The fraction of sp³-hybridized carbons (Fsp3) is 0.164. The van der Waals surface area contributed by atoms with Crippen LogP contribution in [0.2, 0.25) is 0 Å². The van der Waals surface area contributed by atoms with Crippen molar-refractivity contribution >= 4 is 16.3 Å². The van der Waals surface area contributed by atoms with E-state index in [9.17, 15) is 0 Å². The fourth-order valence-electron chi connectivity index (χ4n) is 10.3. The van der Waals surface area contributed by atoms with Crippen LogP contribution in [-0.4, -0.2) is 0 Å². The molecule has 11 rings (SSSR count). The lowest BCUT2D eigenvalue weighted by molar-refractivity contribution is 0.730. The molecule has 0 bridgehead atoms. The number of hydrogen-bond acceptors (Lipinski definition) is 0. The van der Waals surface area contributed by atoms with Crippen molar-refractivity contribution in [3.8, 4) is 22.3 Å². The van der Waals surface area contributed by atoms with E-state index in [1.165, 1.54) is 99.8 Å². The molecule has 0 fully saturated rings. The number of hydrogen-bond donors (Lipinski definition) is 0. The summed E-state index contributed by atoms with van der Waals surface area (Å²) in [7, 11) is 0. The second-order valence-electron chi connectivity index (χ2n) is 18.5. The van der Waals surface area contributed by atoms with Gasteiger partial charge in [0.1, 0.15) is 0 Å². The number of allylic oxidation sites excluding steroid dienone is 4. The first-order chi connectivity index (χ1) is 32.8. The van der Waals surface area contributed by atoms with Crippen LogP contribution in [0.25, 0.3) is 38.6 Å². The molecule has 0 radical (unpaired) electrons. The third-order valence-corrected chi connectivity index (χ3v) is 14.2. The van der Waals surface area contributed by atoms with Crippen LogP contribution >= 0.6 is 0 Å². The van der Waals surface area contributed by atoms with Crippen molar-refractivity contribution in [3.05, 3.63) is 292 Å². The van der Waals surface area contributed by atoms with Crippen LogP contribution in [0.15, 0.2) is 236 Å². The van der Waals surface area contributed by atoms with E-state index >= 15 is 0 Å². The highest BCUT2D eigenvalue weighted by molar-refractivity contribution is 5.87. The lowest BCUT2D eigenvalue weighted by Crippen LogP contribution is -2.28. The molecule has 9 aromatic carbocycles. The predicted octanol–water partition coefficient (Wildman–Crippen LogP) is 18.0. The van der Waals surface area contributed by atoms with E-state index < -0.39 is 0 Å². The average Bonchev–Trinajstić information content (AvgIpc) is 3.68. The zero-order valence-electron chi connectivity index (χ0n) is 39.8. The molecule has 0 amide bonds. The zero-order valence-corrected chi connectivity index (χ0v) is 39.8. The van der Waals surface area contributed by atoms with Gasteiger partial charge in [-0.2, -0.15) is 0 Å². The van der Waals surface area contributed by atoms with Crippen molar-refractivity contribution in [1.29, 1.82) is 0 Å². The van der Waals surface area contributed by atoms with Crippen LogP contribution in [0, 0.1) is 20.8 Å². The quantitative estimate of drug-likeness (QED) is 0.143. The highest BCUT2D eigenvalue weighted by atomic mass is 14.5. The van der Waals surface area contributed by atoms with E-state index in [-0.39, 0.29) is 5.41 Å². The summed E-state index contributed by atoms with van der Waals surface area (Å²) < 4.78 is 0. The first-order valence-corrected chi connectivity index (χ1v) is 24.2. The summed E-state index contributed by atoms with van der Waals surface area (Å²) in [5.41, 5.74) is 21.8. The van der Waals surface area contributed by atoms with E-state index in [1.54, 1.807) is 0 Å². The Bertz CT molecular complexity index is 3120. The summed E-state index contributed by atoms with van der Waals surface area (Å²) in [4.78, 5) is 0. The third kappa shape index (κ3) is 9.41. The van der Waals surface area contributed by atoms with Crippen molar-refractivity contribution in [2.75, 3.05) is 0 Å². The van der Waals surface area contributed by atoms with Crippen molar-refractivity contribution in [2.24, 2.45) is 0 Å². The van der Waals surface area contributed by atoms with Crippen LogP contribution < -0.4 is 0 Å². The molecule has 0 nitrogen and oxygen atoms in total. The van der Waals surface area contributed by atoms with E-state index in [2.05, 4.69) is 265 Å². The summed E-state index contributed by atoms with van der Waals surface area (Å²) >= 11 is 0. The molecular formula is C67H62. The van der Waals surface area contributed by atoms with Crippen LogP contribution in [0.4, 0.5) is 0 Å². The molecule has 0 saturated heterocycles. The molecule has 0 heteroatoms. The SMILES string of the molecule is CCC(C)c1ccc2c(c1)-c1ccccc1C2(c1ccccc1)c1ccccc1.Cc1ccc(C2=CC=C(Cc3ccccc3-c3ccccc3C)CC2)cc1.Cc1cccc2ccccc12. The van der Waals surface area contributed by atoms with Crippen molar-refractivity contribution in [2.45, 2.75) is 71.6 Å². The molecule has 1 unspecified atom stereocenters. The van der Waals surface area contributed by atoms with Crippen LogP contribution in [-0.2, 0) is 11.8 Å². The van der Waals surface area contributed by atoms with Gasteiger partial charge in [0.05, 0.1) is 5.41 Å². The maximum absolute atomic E-state index is 2.44. The number of aryl methyl sites for hydroxylation is 3. The number of fused-ring (bicyclic) bond motifs is 4. The van der Waals surface area contributed by atoms with Crippen LogP contribution in [0.1, 0.15) is 94.7 Å². The van der Waals surface area contributed by atoms with Gasteiger partial charge < -0.3 is 0 Å². The van der Waals surface area contributed by atoms with Gasteiger partial charge in [-0.05, 0) is 141 Å². The van der Waals surface area contributed by atoms with Crippen LogP contribution in [0.5, 0.6) is 0 Å². The normalized spacial score (nSPS) is 13.7. The summed E-state index contributed by atoms with van der Waals surface area (Å²) in [6, 6.07) is 79.4. The maximum atomic E-state index is 2.44. The molecule has 0 saturated carbocycles. The summed E-state index contributed by atoms with van der Waals surface area (Å²) in [6.45, 7) is 11.1. The molecule has 67 heavy (non-hydrogen) atoms. The third-order valence-electron chi connectivity index (χ3n) is 14.2. The molecule has 1 atom stereocenters. The van der Waals surface area contributed by atoms with Gasteiger partial charge in [0.2, 0.25) is 0 Å². The Morgan fingerprint density at radius 3 is 1.72 bits per heavy atom. The summed E-state index contributed by atoms with van der Waals surface area (Å²) in [5, 5.41) is 2.68. The molecule has 0 N–H and O–H groups in total. The highest BCUT2D eigenvalue weighted by Gasteiger charge is 2.46. The monoisotopic (exact) mass is 866 g/mol. The molecular weight excluding hydrogens is 805 g/mol. The van der Waals surface area contributed by atoms with E-state index in [0.717, 1.165) is 25.7 Å². The van der Waals surface area contributed by atoms with Crippen molar-refractivity contribution in [3.63, 3.8) is 0 Å². The smallest absolute Gasteiger partial charge is 0.0655 e. The Balaban J connectivity index is 0.000000137. The van der Waals surface area contributed by atoms with E-state index in [1.807, 2.05) is 0 Å². The minimum atomic E-state index is -0.275. The minimum absolute atomic E-state index is 0.275. The molecule has 0 aliphatic heterocycles. The Labute approximate surface area is 400 Å². The summed E-state index contributed by atoms with van der Waals surface area (Å²) in [6.07, 6.45) is 9.11. The highest BCUT2D eigenvalue weighted by Crippen LogP contribution is 2.56. The van der Waals surface area contributed by atoms with Gasteiger partial charge in [-0.3, -0.25) is 0 Å². The molecule has 2 aliphatic rings. The van der Waals surface area contributed by atoms with Crippen molar-refractivity contribution in [1.82, 2.24) is 0 Å². The number of benzene rings is 9. The first-order valence-electron chi connectivity index (χ1n) is 24.2. The van der Waals surface area contributed by atoms with Gasteiger partial charge in [0.25, 0.3) is 0 Å². The van der Waals surface area contributed by atoms with E-state index in [0.29, 0.717) is 5.92 Å². The number of rotatable bonds is 8. The summed E-state index contributed by atoms with van der Waals surface area (Å²) in [5.74, 6) is 0.566. The molecule has 9 aromatic rings. The van der Waals surface area contributed by atoms with Gasteiger partial charge in [-0.25, -0.2) is 0 Å². The van der Waals surface area contributed by atoms with Gasteiger partial charge in [-0.1, -0.05) is 256 Å². The van der Waals surface area contributed by atoms with Crippen LogP contribution in [0.3, 0.4) is 0 Å². The molecule has 330 valence electrons. The minimum Gasteiger partial charge on any atom is -0.0655 e. The Hall–Kier alpha value is -7.28. The molecule has 0 aromatic heterocycles. The zero-order chi connectivity index (χ0) is 46.2. The van der Waals surface area contributed by atoms with Gasteiger partial charge in [0, 0.05) is 0 Å².